The van der Waals surface area contributed by atoms with Crippen molar-refractivity contribution in [3.8, 4) is 0 Å². The first kappa shape index (κ1) is 13.0. The third-order valence-corrected chi connectivity index (χ3v) is 3.05. The molecular weight excluding hydrogens is 271 g/mol. The minimum atomic E-state index is -4.01. The number of nitrogens with one attached hydrogen (secondary N) is 1. The number of halogens is 4. The summed E-state index contributed by atoms with van der Waals surface area (Å²) in [6.45, 7) is 4.29. The highest BCUT2D eigenvalue weighted by Crippen LogP contribution is 2.37. The van der Waals surface area contributed by atoms with Crippen LogP contribution in [0.4, 0.5) is 13.2 Å². The molecular formula is C10H15BrF3N. The van der Waals surface area contributed by atoms with Crippen LogP contribution in [0.15, 0.2) is 11.1 Å². The van der Waals surface area contributed by atoms with Gasteiger partial charge in [0.1, 0.15) is 0 Å². The lowest BCUT2D eigenvalue weighted by Gasteiger charge is -2.30. The van der Waals surface area contributed by atoms with Gasteiger partial charge in [0, 0.05) is 17.1 Å². The van der Waals surface area contributed by atoms with Gasteiger partial charge in [-0.3, -0.25) is 0 Å². The quantitative estimate of drug-likeness (QED) is 0.835. The number of hydrogen-bond donors (Lipinski definition) is 1. The summed E-state index contributed by atoms with van der Waals surface area (Å²) in [4.78, 5) is 0. The van der Waals surface area contributed by atoms with E-state index >= 15 is 0 Å². The van der Waals surface area contributed by atoms with Crippen LogP contribution in [0, 0.1) is 5.92 Å². The Balaban J connectivity index is 2.27. The second kappa shape index (κ2) is 5.34. The van der Waals surface area contributed by atoms with Crippen molar-refractivity contribution in [2.75, 3.05) is 6.54 Å². The first-order valence-corrected chi connectivity index (χ1v) is 5.82. The zero-order valence-electron chi connectivity index (χ0n) is 8.41. The Bertz CT molecular complexity index is 219. The van der Waals surface area contributed by atoms with Gasteiger partial charge in [0.25, 0.3) is 0 Å². The summed E-state index contributed by atoms with van der Waals surface area (Å²) < 4.78 is 37.9. The third kappa shape index (κ3) is 4.55. The number of alkyl halides is 3. The van der Waals surface area contributed by atoms with Crippen LogP contribution in [-0.2, 0) is 0 Å². The zero-order chi connectivity index (χ0) is 11.5. The molecule has 0 heterocycles. The minimum absolute atomic E-state index is 0.206. The Kier molecular flexibility index (Phi) is 4.64. The van der Waals surface area contributed by atoms with E-state index in [1.54, 1.807) is 0 Å². The summed E-state index contributed by atoms with van der Waals surface area (Å²) in [5.41, 5.74) is 0. The van der Waals surface area contributed by atoms with Gasteiger partial charge < -0.3 is 5.32 Å². The van der Waals surface area contributed by atoms with Crippen molar-refractivity contribution in [2.24, 2.45) is 5.92 Å². The standard InChI is InChI=1S/C10H15BrF3N/c1-7(11)6-15-9-4-2-8(3-5-9)10(12,13)14/h8-9,15H,1-6H2. The van der Waals surface area contributed by atoms with E-state index in [9.17, 15) is 13.2 Å². The van der Waals surface area contributed by atoms with Crippen molar-refractivity contribution in [3.05, 3.63) is 11.1 Å². The van der Waals surface area contributed by atoms with E-state index < -0.39 is 12.1 Å². The minimum Gasteiger partial charge on any atom is -0.309 e. The van der Waals surface area contributed by atoms with Crippen LogP contribution in [0.5, 0.6) is 0 Å². The molecule has 0 aromatic rings. The molecule has 5 heteroatoms. The second-order valence-corrected chi connectivity index (χ2v) is 5.11. The van der Waals surface area contributed by atoms with Gasteiger partial charge in [-0.1, -0.05) is 22.5 Å². The van der Waals surface area contributed by atoms with E-state index in [0.717, 1.165) is 4.48 Å². The average molecular weight is 286 g/mol. The first-order valence-electron chi connectivity index (χ1n) is 5.03. The molecule has 15 heavy (non-hydrogen) atoms. The van der Waals surface area contributed by atoms with Crippen LogP contribution in [0.2, 0.25) is 0 Å². The molecule has 0 spiro atoms. The lowest BCUT2D eigenvalue weighted by atomic mass is 9.85. The largest absolute Gasteiger partial charge is 0.391 e. The molecule has 1 saturated carbocycles. The van der Waals surface area contributed by atoms with Crippen LogP contribution in [0.1, 0.15) is 25.7 Å². The fourth-order valence-electron chi connectivity index (χ4n) is 1.88. The fourth-order valence-corrected chi connectivity index (χ4v) is 2.04. The highest BCUT2D eigenvalue weighted by Gasteiger charge is 2.41. The van der Waals surface area contributed by atoms with Crippen molar-refractivity contribution in [1.29, 1.82) is 0 Å². The van der Waals surface area contributed by atoms with Crippen LogP contribution < -0.4 is 5.32 Å². The Morgan fingerprint density at radius 1 is 1.27 bits per heavy atom. The predicted octanol–water partition coefficient (Wildman–Crippen LogP) is 3.61. The van der Waals surface area contributed by atoms with E-state index in [-0.39, 0.29) is 18.9 Å². The molecule has 1 nitrogen and oxygen atoms in total. The Hall–Kier alpha value is -0.0300. The highest BCUT2D eigenvalue weighted by molar-refractivity contribution is 9.11. The summed E-state index contributed by atoms with van der Waals surface area (Å²) in [5, 5.41) is 3.18. The molecule has 0 aromatic heterocycles. The van der Waals surface area contributed by atoms with E-state index in [2.05, 4.69) is 27.8 Å². The van der Waals surface area contributed by atoms with Crippen molar-refractivity contribution >= 4 is 15.9 Å². The molecule has 0 aromatic carbocycles. The van der Waals surface area contributed by atoms with E-state index in [0.29, 0.717) is 19.4 Å². The zero-order valence-corrected chi connectivity index (χ0v) is 10.00. The van der Waals surface area contributed by atoms with Gasteiger partial charge in [-0.2, -0.15) is 13.2 Å². The van der Waals surface area contributed by atoms with Gasteiger partial charge in [0.2, 0.25) is 0 Å². The van der Waals surface area contributed by atoms with Gasteiger partial charge in [-0.05, 0) is 25.7 Å². The van der Waals surface area contributed by atoms with Crippen LogP contribution in [0.3, 0.4) is 0 Å². The molecule has 0 aliphatic heterocycles. The smallest absolute Gasteiger partial charge is 0.309 e. The van der Waals surface area contributed by atoms with Gasteiger partial charge >= 0.3 is 6.18 Å². The third-order valence-electron chi connectivity index (χ3n) is 2.77. The van der Waals surface area contributed by atoms with Crippen molar-refractivity contribution in [2.45, 2.75) is 37.9 Å². The topological polar surface area (TPSA) is 12.0 Å². The lowest BCUT2D eigenvalue weighted by molar-refractivity contribution is -0.182. The van der Waals surface area contributed by atoms with E-state index in [4.69, 9.17) is 0 Å². The summed E-state index contributed by atoms with van der Waals surface area (Å²) in [6, 6.07) is 0.206. The maximum atomic E-state index is 12.3. The molecule has 0 atom stereocenters. The second-order valence-electron chi connectivity index (χ2n) is 3.99. The molecule has 1 N–H and O–H groups in total. The monoisotopic (exact) mass is 285 g/mol. The average Bonchev–Trinajstić information content (AvgIpc) is 2.14. The predicted molar refractivity (Wildman–Crippen MR) is 57.9 cm³/mol. The van der Waals surface area contributed by atoms with Gasteiger partial charge in [-0.15, -0.1) is 0 Å². The molecule has 1 rings (SSSR count). The first-order chi connectivity index (χ1) is 6.89. The Morgan fingerprint density at radius 3 is 2.20 bits per heavy atom. The van der Waals surface area contributed by atoms with Crippen molar-refractivity contribution < 1.29 is 13.2 Å². The van der Waals surface area contributed by atoms with Gasteiger partial charge in [-0.25, -0.2) is 0 Å². The molecule has 1 aliphatic rings. The summed E-state index contributed by atoms with van der Waals surface area (Å²) in [5.74, 6) is -1.09. The fraction of sp³-hybridized carbons (Fsp3) is 0.800. The molecule has 88 valence electrons. The summed E-state index contributed by atoms with van der Waals surface area (Å²) >= 11 is 3.21. The molecule has 0 unspecified atom stereocenters. The van der Waals surface area contributed by atoms with E-state index in [1.165, 1.54) is 0 Å². The molecule has 0 bridgehead atoms. The maximum absolute atomic E-state index is 12.3. The van der Waals surface area contributed by atoms with E-state index in [1.807, 2.05) is 0 Å². The van der Waals surface area contributed by atoms with Crippen LogP contribution in [-0.4, -0.2) is 18.8 Å². The van der Waals surface area contributed by atoms with Gasteiger partial charge in [0.15, 0.2) is 0 Å². The Morgan fingerprint density at radius 2 is 1.80 bits per heavy atom. The number of hydrogen-bond acceptors (Lipinski definition) is 1. The van der Waals surface area contributed by atoms with Crippen molar-refractivity contribution in [3.63, 3.8) is 0 Å². The SMILES string of the molecule is C=C(Br)CNC1CCC(C(F)(F)F)CC1. The summed E-state index contributed by atoms with van der Waals surface area (Å²) in [7, 11) is 0. The molecule has 0 saturated heterocycles. The van der Waals surface area contributed by atoms with Crippen molar-refractivity contribution in [1.82, 2.24) is 5.32 Å². The Labute approximate surface area is 96.2 Å². The lowest BCUT2D eigenvalue weighted by Crippen LogP contribution is -2.37. The molecule has 1 aliphatic carbocycles. The number of rotatable bonds is 3. The van der Waals surface area contributed by atoms with Crippen LogP contribution in [0.25, 0.3) is 0 Å². The highest BCUT2D eigenvalue weighted by atomic mass is 79.9. The molecule has 0 radical (unpaired) electrons. The van der Waals surface area contributed by atoms with Crippen LogP contribution >= 0.6 is 15.9 Å². The van der Waals surface area contributed by atoms with Gasteiger partial charge in [0.05, 0.1) is 5.92 Å². The molecule has 1 fully saturated rings. The normalized spacial score (nSPS) is 27.7. The molecule has 0 amide bonds. The summed E-state index contributed by atoms with van der Waals surface area (Å²) in [6.07, 6.45) is -2.31. The maximum Gasteiger partial charge on any atom is 0.391 e.